The van der Waals surface area contributed by atoms with Crippen LogP contribution in [0.2, 0.25) is 0 Å². The van der Waals surface area contributed by atoms with Crippen LogP contribution in [0.3, 0.4) is 0 Å². The van der Waals surface area contributed by atoms with E-state index in [2.05, 4.69) is 31.7 Å². The highest BCUT2D eigenvalue weighted by Crippen LogP contribution is 2.12. The summed E-state index contributed by atoms with van der Waals surface area (Å²) in [5, 5.41) is 9.48. The van der Waals surface area contributed by atoms with E-state index in [9.17, 15) is 5.11 Å². The van der Waals surface area contributed by atoms with Gasteiger partial charge in [-0.1, -0.05) is 120 Å². The number of rotatable bonds is 17. The molecular formula is C24H40O. The molecule has 0 aliphatic heterocycles. The minimum absolute atomic E-state index is 0.0690. The Kier molecular flexibility index (Phi) is 19.6. The van der Waals surface area contributed by atoms with Gasteiger partial charge in [0.1, 0.15) is 0 Å². The summed E-state index contributed by atoms with van der Waals surface area (Å²) >= 11 is 0. The summed E-state index contributed by atoms with van der Waals surface area (Å²) in [5.41, 5.74) is 0. The predicted octanol–water partition coefficient (Wildman–Crippen LogP) is 7.46. The Balaban J connectivity index is 3.27. The molecule has 0 aliphatic carbocycles. The minimum Gasteiger partial charge on any atom is -0.393 e. The minimum atomic E-state index is -0.0690. The third kappa shape index (κ3) is 20.6. The fourth-order valence-electron chi connectivity index (χ4n) is 2.66. The molecule has 1 unspecified atom stereocenters. The van der Waals surface area contributed by atoms with Crippen LogP contribution in [0.4, 0.5) is 0 Å². The van der Waals surface area contributed by atoms with Gasteiger partial charge in [-0.05, 0) is 25.7 Å². The Labute approximate surface area is 156 Å². The zero-order chi connectivity index (χ0) is 18.4. The van der Waals surface area contributed by atoms with Gasteiger partial charge < -0.3 is 5.11 Å². The van der Waals surface area contributed by atoms with Crippen molar-refractivity contribution in [3.05, 3.63) is 61.3 Å². The standard InChI is InChI=1S/C24H40O/c1-3-5-6-7-8-9-10-11-12-13-14-15-16-17-18-19-20-21-22-23-24(25)4-2/h3,5-12,24-25H,1,4,13-23H2,2H3. The van der Waals surface area contributed by atoms with Crippen molar-refractivity contribution < 1.29 is 5.11 Å². The lowest BCUT2D eigenvalue weighted by atomic mass is 10.0. The first-order valence-electron chi connectivity index (χ1n) is 10.3. The van der Waals surface area contributed by atoms with E-state index in [4.69, 9.17) is 0 Å². The van der Waals surface area contributed by atoms with Gasteiger partial charge in [0.05, 0.1) is 6.10 Å². The fourth-order valence-corrected chi connectivity index (χ4v) is 2.66. The molecule has 0 rings (SSSR count). The molecule has 0 aromatic heterocycles. The lowest BCUT2D eigenvalue weighted by Gasteiger charge is -2.06. The van der Waals surface area contributed by atoms with Gasteiger partial charge >= 0.3 is 0 Å². The quantitative estimate of drug-likeness (QED) is 0.214. The second kappa shape index (κ2) is 20.7. The van der Waals surface area contributed by atoms with Crippen molar-refractivity contribution in [2.75, 3.05) is 0 Å². The van der Waals surface area contributed by atoms with Gasteiger partial charge in [0, 0.05) is 0 Å². The summed E-state index contributed by atoms with van der Waals surface area (Å²) < 4.78 is 0. The highest BCUT2D eigenvalue weighted by molar-refractivity contribution is 5.17. The molecule has 1 N–H and O–H groups in total. The van der Waals surface area contributed by atoms with Crippen molar-refractivity contribution in [3.8, 4) is 0 Å². The number of allylic oxidation sites excluding steroid dienone is 9. The third-order valence-corrected chi connectivity index (χ3v) is 4.32. The molecule has 1 atom stereocenters. The Bertz CT molecular complexity index is 387. The van der Waals surface area contributed by atoms with Crippen LogP contribution < -0.4 is 0 Å². The fraction of sp³-hybridized carbons (Fsp3) is 0.583. The molecule has 1 heteroatoms. The summed E-state index contributed by atoms with van der Waals surface area (Å²) in [6.07, 6.45) is 33.2. The summed E-state index contributed by atoms with van der Waals surface area (Å²) in [6.45, 7) is 5.68. The molecule has 25 heavy (non-hydrogen) atoms. The van der Waals surface area contributed by atoms with Crippen LogP contribution in [0.1, 0.15) is 84.0 Å². The zero-order valence-electron chi connectivity index (χ0n) is 16.4. The molecule has 0 radical (unpaired) electrons. The summed E-state index contributed by atoms with van der Waals surface area (Å²) in [4.78, 5) is 0. The largest absolute Gasteiger partial charge is 0.393 e. The van der Waals surface area contributed by atoms with E-state index >= 15 is 0 Å². The van der Waals surface area contributed by atoms with Crippen LogP contribution in [-0.4, -0.2) is 11.2 Å². The van der Waals surface area contributed by atoms with E-state index in [1.165, 1.54) is 64.2 Å². The first kappa shape index (κ1) is 23.7. The van der Waals surface area contributed by atoms with E-state index in [1.54, 1.807) is 6.08 Å². The van der Waals surface area contributed by atoms with Crippen LogP contribution in [0.25, 0.3) is 0 Å². The van der Waals surface area contributed by atoms with Crippen molar-refractivity contribution in [2.24, 2.45) is 0 Å². The SMILES string of the molecule is C=CC=CC=CC=CC=CCCCCCCCCCCCC(O)CC. The lowest BCUT2D eigenvalue weighted by molar-refractivity contribution is 0.156. The molecule has 1 nitrogen and oxygen atoms in total. The second-order valence-corrected chi connectivity index (χ2v) is 6.64. The Hall–Kier alpha value is -1.34. The smallest absolute Gasteiger partial charge is 0.0537 e. The number of unbranched alkanes of at least 4 members (excludes halogenated alkanes) is 9. The number of hydrogen-bond acceptors (Lipinski definition) is 1. The topological polar surface area (TPSA) is 20.2 Å². The average molecular weight is 345 g/mol. The van der Waals surface area contributed by atoms with Gasteiger partial charge in [-0.25, -0.2) is 0 Å². The number of aliphatic hydroxyl groups excluding tert-OH is 1. The summed E-state index contributed by atoms with van der Waals surface area (Å²) in [6, 6.07) is 0. The van der Waals surface area contributed by atoms with Gasteiger partial charge in [0.15, 0.2) is 0 Å². The predicted molar refractivity (Wildman–Crippen MR) is 114 cm³/mol. The molecule has 142 valence electrons. The monoisotopic (exact) mass is 344 g/mol. The maximum Gasteiger partial charge on any atom is 0.0537 e. The molecule has 0 aromatic rings. The van der Waals surface area contributed by atoms with Crippen LogP contribution in [0.15, 0.2) is 61.3 Å². The molecule has 0 aromatic carbocycles. The maximum absolute atomic E-state index is 9.48. The van der Waals surface area contributed by atoms with Gasteiger partial charge in [0.2, 0.25) is 0 Å². The third-order valence-electron chi connectivity index (χ3n) is 4.32. The van der Waals surface area contributed by atoms with Gasteiger partial charge in [0.25, 0.3) is 0 Å². The number of hydrogen-bond donors (Lipinski definition) is 1. The normalized spacial score (nSPS) is 13.7. The molecule has 0 saturated carbocycles. The first-order valence-corrected chi connectivity index (χ1v) is 10.3. The van der Waals surface area contributed by atoms with Crippen LogP contribution in [0.5, 0.6) is 0 Å². The van der Waals surface area contributed by atoms with Crippen molar-refractivity contribution in [3.63, 3.8) is 0 Å². The van der Waals surface area contributed by atoms with Gasteiger partial charge in [-0.2, -0.15) is 0 Å². The van der Waals surface area contributed by atoms with Crippen LogP contribution in [0, 0.1) is 0 Å². The molecule has 0 bridgehead atoms. The molecule has 0 saturated heterocycles. The van der Waals surface area contributed by atoms with E-state index in [0.29, 0.717) is 0 Å². The van der Waals surface area contributed by atoms with E-state index in [1.807, 2.05) is 30.4 Å². The van der Waals surface area contributed by atoms with Crippen molar-refractivity contribution >= 4 is 0 Å². The van der Waals surface area contributed by atoms with Crippen molar-refractivity contribution in [1.82, 2.24) is 0 Å². The van der Waals surface area contributed by atoms with Gasteiger partial charge in [-0.15, -0.1) is 0 Å². The lowest BCUT2D eigenvalue weighted by Crippen LogP contribution is -2.03. The van der Waals surface area contributed by atoms with Gasteiger partial charge in [-0.3, -0.25) is 0 Å². The van der Waals surface area contributed by atoms with Crippen molar-refractivity contribution in [1.29, 1.82) is 0 Å². The first-order chi connectivity index (χ1) is 12.3. The van der Waals surface area contributed by atoms with E-state index in [0.717, 1.165) is 12.8 Å². The van der Waals surface area contributed by atoms with E-state index in [-0.39, 0.29) is 6.10 Å². The Morgan fingerprint density at radius 1 is 0.680 bits per heavy atom. The highest BCUT2D eigenvalue weighted by Gasteiger charge is 1.99. The molecule has 0 heterocycles. The summed E-state index contributed by atoms with van der Waals surface area (Å²) in [5.74, 6) is 0. The number of aliphatic hydroxyl groups is 1. The van der Waals surface area contributed by atoms with E-state index < -0.39 is 0 Å². The Morgan fingerprint density at radius 3 is 1.72 bits per heavy atom. The van der Waals surface area contributed by atoms with Crippen LogP contribution in [-0.2, 0) is 0 Å². The van der Waals surface area contributed by atoms with Crippen LogP contribution >= 0.6 is 0 Å². The maximum atomic E-state index is 9.48. The second-order valence-electron chi connectivity index (χ2n) is 6.64. The molecule has 0 spiro atoms. The zero-order valence-corrected chi connectivity index (χ0v) is 16.4. The average Bonchev–Trinajstić information content (AvgIpc) is 2.63. The molecule has 0 aliphatic rings. The molecule has 0 amide bonds. The molecular weight excluding hydrogens is 304 g/mol. The molecule has 0 fully saturated rings. The highest BCUT2D eigenvalue weighted by atomic mass is 16.3. The Morgan fingerprint density at radius 2 is 1.16 bits per heavy atom. The van der Waals surface area contributed by atoms with Crippen molar-refractivity contribution in [2.45, 2.75) is 90.1 Å². The summed E-state index contributed by atoms with van der Waals surface area (Å²) in [7, 11) is 0.